The number of pyridine rings is 1. The molecule has 3 aromatic heterocycles. The van der Waals surface area contributed by atoms with Crippen LogP contribution in [-0.4, -0.2) is 55.8 Å². The molecule has 3 aromatic rings. The van der Waals surface area contributed by atoms with Gasteiger partial charge >= 0.3 is 0 Å². The van der Waals surface area contributed by atoms with E-state index in [9.17, 15) is 0 Å². The number of nitrogens with one attached hydrogen (secondary N) is 1. The second-order valence-corrected chi connectivity index (χ2v) is 8.25. The first kappa shape index (κ1) is 17.1. The van der Waals surface area contributed by atoms with Crippen LogP contribution in [0.2, 0.25) is 0 Å². The number of hydrogen-bond acceptors (Lipinski definition) is 7. The molecule has 0 aromatic carbocycles. The van der Waals surface area contributed by atoms with Crippen molar-refractivity contribution >= 4 is 0 Å². The topological polar surface area (TPSA) is 100.0 Å². The molecular formula is C20H22N6O3. The number of nitrogens with zero attached hydrogens (tertiary/aromatic N) is 5. The zero-order valence-electron chi connectivity index (χ0n) is 16.0. The van der Waals surface area contributed by atoms with Gasteiger partial charge in [-0.2, -0.15) is 5.10 Å². The van der Waals surface area contributed by atoms with E-state index in [1.165, 1.54) is 12.8 Å². The number of rotatable bonds is 6. The molecule has 0 radical (unpaired) electrons. The van der Waals surface area contributed by atoms with Gasteiger partial charge in [0.2, 0.25) is 0 Å². The summed E-state index contributed by atoms with van der Waals surface area (Å²) < 4.78 is 19.6. The van der Waals surface area contributed by atoms with Gasteiger partial charge in [0.1, 0.15) is 17.1 Å². The van der Waals surface area contributed by atoms with Crippen molar-refractivity contribution in [3.63, 3.8) is 0 Å². The minimum Gasteiger partial charge on any atom is -0.488 e. The molecule has 1 N–H and O–H groups in total. The summed E-state index contributed by atoms with van der Waals surface area (Å²) in [4.78, 5) is 4.63. The van der Waals surface area contributed by atoms with E-state index in [1.807, 2.05) is 18.5 Å². The normalized spacial score (nSPS) is 20.8. The van der Waals surface area contributed by atoms with Crippen LogP contribution >= 0.6 is 0 Å². The highest BCUT2D eigenvalue weighted by molar-refractivity contribution is 5.69. The van der Waals surface area contributed by atoms with E-state index in [-0.39, 0.29) is 12.4 Å². The van der Waals surface area contributed by atoms with Gasteiger partial charge in [-0.1, -0.05) is 5.21 Å². The first-order valence-corrected chi connectivity index (χ1v) is 10.1. The van der Waals surface area contributed by atoms with Crippen LogP contribution in [0.4, 0.5) is 0 Å². The van der Waals surface area contributed by atoms with Gasteiger partial charge in [-0.05, 0) is 31.7 Å². The summed E-state index contributed by atoms with van der Waals surface area (Å²) in [5.41, 5.74) is 3.57. The van der Waals surface area contributed by atoms with Gasteiger partial charge in [0.25, 0.3) is 0 Å². The molecule has 1 spiro atoms. The van der Waals surface area contributed by atoms with Gasteiger partial charge in [-0.15, -0.1) is 5.10 Å². The molecule has 9 heteroatoms. The molecule has 29 heavy (non-hydrogen) atoms. The lowest BCUT2D eigenvalue weighted by Crippen LogP contribution is -2.36. The number of aromatic amines is 1. The fraction of sp³-hybridized carbons (Fsp3) is 0.500. The van der Waals surface area contributed by atoms with Gasteiger partial charge < -0.3 is 14.2 Å². The molecule has 3 aliphatic rings. The fourth-order valence-electron chi connectivity index (χ4n) is 3.51. The molecule has 2 aliphatic carbocycles. The van der Waals surface area contributed by atoms with Crippen LogP contribution in [-0.2, 0) is 16.0 Å². The lowest BCUT2D eigenvalue weighted by atomic mass is 10.1. The van der Waals surface area contributed by atoms with Gasteiger partial charge in [0.15, 0.2) is 6.29 Å². The Bertz CT molecular complexity index is 999. The summed E-state index contributed by atoms with van der Waals surface area (Å²) in [7, 11) is 0. The molecule has 0 bridgehead atoms. The molecule has 0 amide bonds. The highest BCUT2D eigenvalue weighted by atomic mass is 16.7. The van der Waals surface area contributed by atoms with Crippen molar-refractivity contribution in [1.82, 2.24) is 30.2 Å². The van der Waals surface area contributed by atoms with Crippen molar-refractivity contribution in [2.75, 3.05) is 13.2 Å². The van der Waals surface area contributed by atoms with Crippen molar-refractivity contribution in [1.29, 1.82) is 0 Å². The van der Waals surface area contributed by atoms with Crippen LogP contribution in [0.25, 0.3) is 22.5 Å². The summed E-state index contributed by atoms with van der Waals surface area (Å²) in [5, 5.41) is 15.4. The Kier molecular flexibility index (Phi) is 3.91. The molecule has 4 heterocycles. The Balaban J connectivity index is 1.22. The zero-order valence-corrected chi connectivity index (χ0v) is 16.0. The standard InChI is InChI=1S/C20H22N6O3/c1-2-15(1)29-17-5-13(14-7-22-23-8-14)6-21-19(17)16-9-26(25-24-16)10-18-27-11-20(3-4-20)12-28-18/h5-9,15,18H,1-4,10-12H2,(H,22,23). The van der Waals surface area contributed by atoms with Crippen LogP contribution < -0.4 is 4.74 Å². The van der Waals surface area contributed by atoms with E-state index in [0.29, 0.717) is 23.3 Å². The molecular weight excluding hydrogens is 372 g/mol. The largest absolute Gasteiger partial charge is 0.488 e. The minimum absolute atomic E-state index is 0.254. The fourth-order valence-corrected chi connectivity index (χ4v) is 3.51. The first-order valence-electron chi connectivity index (χ1n) is 10.1. The first-order chi connectivity index (χ1) is 14.3. The summed E-state index contributed by atoms with van der Waals surface area (Å²) >= 11 is 0. The Morgan fingerprint density at radius 3 is 2.76 bits per heavy atom. The van der Waals surface area contributed by atoms with Gasteiger partial charge in [-0.3, -0.25) is 5.10 Å². The number of ether oxygens (including phenoxy) is 3. The summed E-state index contributed by atoms with van der Waals surface area (Å²) in [6, 6.07) is 1.99. The van der Waals surface area contributed by atoms with Crippen molar-refractivity contribution < 1.29 is 14.2 Å². The zero-order chi connectivity index (χ0) is 19.3. The van der Waals surface area contributed by atoms with E-state index in [2.05, 4.69) is 25.5 Å². The summed E-state index contributed by atoms with van der Waals surface area (Å²) in [5.74, 6) is 0.721. The summed E-state index contributed by atoms with van der Waals surface area (Å²) in [6.45, 7) is 2.06. The van der Waals surface area contributed by atoms with Gasteiger partial charge in [0, 0.05) is 28.9 Å². The maximum Gasteiger partial charge on any atom is 0.177 e. The molecule has 1 saturated heterocycles. The molecule has 3 fully saturated rings. The Morgan fingerprint density at radius 2 is 2.03 bits per heavy atom. The van der Waals surface area contributed by atoms with E-state index in [4.69, 9.17) is 14.2 Å². The van der Waals surface area contributed by atoms with Crippen LogP contribution in [0.1, 0.15) is 25.7 Å². The number of H-pyrrole nitrogens is 1. The average Bonchev–Trinajstić information content (AvgIpc) is 3.58. The Labute approximate surface area is 167 Å². The maximum absolute atomic E-state index is 6.12. The third-order valence-electron chi connectivity index (χ3n) is 5.73. The van der Waals surface area contributed by atoms with Crippen LogP contribution in [0, 0.1) is 5.41 Å². The van der Waals surface area contributed by atoms with Crippen molar-refractivity contribution in [2.24, 2.45) is 5.41 Å². The Morgan fingerprint density at radius 1 is 1.17 bits per heavy atom. The second kappa shape index (κ2) is 6.64. The predicted molar refractivity (Wildman–Crippen MR) is 102 cm³/mol. The quantitative estimate of drug-likeness (QED) is 0.685. The molecule has 0 atom stereocenters. The Hall–Kier alpha value is -2.78. The van der Waals surface area contributed by atoms with E-state index in [0.717, 1.165) is 42.9 Å². The highest BCUT2D eigenvalue weighted by Crippen LogP contribution is 2.48. The maximum atomic E-state index is 6.12. The molecule has 2 saturated carbocycles. The van der Waals surface area contributed by atoms with Crippen LogP contribution in [0.5, 0.6) is 5.75 Å². The van der Waals surface area contributed by atoms with Crippen molar-refractivity contribution in [2.45, 2.75) is 44.6 Å². The molecule has 0 unspecified atom stereocenters. The molecule has 6 rings (SSSR count). The van der Waals surface area contributed by atoms with Crippen molar-refractivity contribution in [3.05, 3.63) is 30.9 Å². The predicted octanol–water partition coefficient (Wildman–Crippen LogP) is 2.42. The molecule has 9 nitrogen and oxygen atoms in total. The lowest BCUT2D eigenvalue weighted by Gasteiger charge is -2.29. The summed E-state index contributed by atoms with van der Waals surface area (Å²) in [6.07, 6.45) is 11.8. The third kappa shape index (κ3) is 3.51. The smallest absolute Gasteiger partial charge is 0.177 e. The number of aromatic nitrogens is 6. The minimum atomic E-state index is -0.283. The number of hydrogen-bond donors (Lipinski definition) is 1. The van der Waals surface area contributed by atoms with Gasteiger partial charge in [0.05, 0.1) is 38.3 Å². The van der Waals surface area contributed by atoms with E-state index >= 15 is 0 Å². The second-order valence-electron chi connectivity index (χ2n) is 8.25. The van der Waals surface area contributed by atoms with Crippen LogP contribution in [0.3, 0.4) is 0 Å². The molecule has 1 aliphatic heterocycles. The monoisotopic (exact) mass is 394 g/mol. The van der Waals surface area contributed by atoms with Crippen LogP contribution in [0.15, 0.2) is 30.9 Å². The van der Waals surface area contributed by atoms with Gasteiger partial charge in [-0.25, -0.2) is 9.67 Å². The van der Waals surface area contributed by atoms with Crippen molar-refractivity contribution in [3.8, 4) is 28.3 Å². The highest BCUT2D eigenvalue weighted by Gasteiger charge is 2.47. The van der Waals surface area contributed by atoms with E-state index < -0.39 is 0 Å². The lowest BCUT2D eigenvalue weighted by molar-refractivity contribution is -0.213. The van der Waals surface area contributed by atoms with E-state index in [1.54, 1.807) is 17.1 Å². The molecule has 150 valence electrons. The SMILES string of the molecule is c1n[nH]cc1-c1cnc(-c2cn(CC3OCC4(CC4)CO3)nn2)c(OC2CC2)c1. The third-order valence-corrected chi connectivity index (χ3v) is 5.73. The average molecular weight is 394 g/mol.